The molecule has 2 rings (SSSR count). The van der Waals surface area contributed by atoms with E-state index >= 15 is 0 Å². The van der Waals surface area contributed by atoms with Crippen LogP contribution in [0, 0.1) is 0 Å². The van der Waals surface area contributed by atoms with Gasteiger partial charge in [0.05, 0.1) is 14.2 Å². The second-order valence-corrected chi connectivity index (χ2v) is 3.83. The predicted octanol–water partition coefficient (Wildman–Crippen LogP) is 2.87. The maximum absolute atomic E-state index is 12.6. The van der Waals surface area contributed by atoms with Crippen LogP contribution in [0.15, 0.2) is 30.6 Å². The van der Waals surface area contributed by atoms with Crippen LogP contribution in [0.5, 0.6) is 17.2 Å². The minimum absolute atomic E-state index is 0.0627. The topological polar surface area (TPSA) is 45.5 Å². The molecule has 0 unspecified atom stereocenters. The van der Waals surface area contributed by atoms with Gasteiger partial charge in [0.2, 0.25) is 0 Å². The van der Waals surface area contributed by atoms with Crippen molar-refractivity contribution >= 4 is 0 Å². The summed E-state index contributed by atoms with van der Waals surface area (Å²) in [6.07, 6.45) is 2.51. The minimum Gasteiger partial charge on any atom is -0.493 e. The molecule has 0 bridgehead atoms. The van der Waals surface area contributed by atoms with Crippen LogP contribution in [0.1, 0.15) is 12.4 Å². The highest BCUT2D eigenvalue weighted by Crippen LogP contribution is 2.31. The van der Waals surface area contributed by atoms with Gasteiger partial charge in [-0.15, -0.1) is 0 Å². The highest BCUT2D eigenvalue weighted by atomic mass is 19.3. The van der Waals surface area contributed by atoms with Crippen molar-refractivity contribution in [2.75, 3.05) is 14.2 Å². The number of benzene rings is 1. The summed E-state index contributed by atoms with van der Waals surface area (Å²) in [5, 5.41) is 0. The fraction of sp³-hybridized carbons (Fsp3) is 0.308. The number of rotatable bonds is 6. The molecule has 1 aromatic heterocycles. The molecular weight excluding hydrogens is 270 g/mol. The molecule has 0 saturated heterocycles. The van der Waals surface area contributed by atoms with Gasteiger partial charge in [-0.3, -0.25) is 4.57 Å². The van der Waals surface area contributed by atoms with Crippen LogP contribution in [-0.4, -0.2) is 23.8 Å². The SMILES string of the molecule is COc1ccc(OCc2nccn2C(F)F)cc1OC. The zero-order valence-corrected chi connectivity index (χ0v) is 11.0. The number of alkyl halides is 2. The van der Waals surface area contributed by atoms with E-state index in [9.17, 15) is 8.78 Å². The van der Waals surface area contributed by atoms with Crippen molar-refractivity contribution in [3.8, 4) is 17.2 Å². The molecular formula is C13H14F2N2O3. The number of aromatic nitrogens is 2. The number of hydrogen-bond donors (Lipinski definition) is 0. The smallest absolute Gasteiger partial charge is 0.320 e. The Morgan fingerprint density at radius 1 is 1.20 bits per heavy atom. The molecule has 7 heteroatoms. The third-order valence-corrected chi connectivity index (χ3v) is 2.68. The summed E-state index contributed by atoms with van der Waals surface area (Å²) in [4.78, 5) is 3.83. The summed E-state index contributed by atoms with van der Waals surface area (Å²) < 4.78 is 41.7. The third kappa shape index (κ3) is 2.98. The van der Waals surface area contributed by atoms with Gasteiger partial charge in [-0.25, -0.2) is 4.98 Å². The average Bonchev–Trinajstić information content (AvgIpc) is 2.93. The molecule has 0 amide bonds. The van der Waals surface area contributed by atoms with Crippen molar-refractivity contribution in [1.82, 2.24) is 9.55 Å². The Morgan fingerprint density at radius 2 is 1.95 bits per heavy atom. The average molecular weight is 284 g/mol. The van der Waals surface area contributed by atoms with Crippen molar-refractivity contribution in [1.29, 1.82) is 0 Å². The number of hydrogen-bond acceptors (Lipinski definition) is 4. The lowest BCUT2D eigenvalue weighted by Crippen LogP contribution is -2.07. The minimum atomic E-state index is -2.64. The Balaban J connectivity index is 2.09. The van der Waals surface area contributed by atoms with Gasteiger partial charge in [0.1, 0.15) is 12.4 Å². The Kier molecular flexibility index (Phi) is 4.39. The standard InChI is InChI=1S/C13H14F2N2O3/c1-18-10-4-3-9(7-11(10)19-2)20-8-12-16-5-6-17(12)13(14)15/h3-7,13H,8H2,1-2H3. The number of ether oxygens (including phenoxy) is 3. The second-order valence-electron chi connectivity index (χ2n) is 3.83. The first-order valence-corrected chi connectivity index (χ1v) is 5.80. The van der Waals surface area contributed by atoms with E-state index in [0.29, 0.717) is 17.2 Å². The Labute approximate surface area is 114 Å². The van der Waals surface area contributed by atoms with E-state index in [1.807, 2.05) is 0 Å². The van der Waals surface area contributed by atoms with Crippen LogP contribution in [0.25, 0.3) is 0 Å². The summed E-state index contributed by atoms with van der Waals surface area (Å²) in [6.45, 7) is -2.70. The second kappa shape index (κ2) is 6.23. The zero-order valence-electron chi connectivity index (χ0n) is 11.0. The fourth-order valence-electron chi connectivity index (χ4n) is 1.69. The van der Waals surface area contributed by atoms with Crippen LogP contribution in [0.2, 0.25) is 0 Å². The van der Waals surface area contributed by atoms with Crippen LogP contribution in [0.4, 0.5) is 8.78 Å². The van der Waals surface area contributed by atoms with E-state index in [4.69, 9.17) is 14.2 Å². The van der Waals surface area contributed by atoms with Gasteiger partial charge in [0.25, 0.3) is 0 Å². The Morgan fingerprint density at radius 3 is 2.60 bits per heavy atom. The van der Waals surface area contributed by atoms with Crippen molar-refractivity contribution in [2.45, 2.75) is 13.2 Å². The molecule has 0 fully saturated rings. The summed E-state index contributed by atoms with van der Waals surface area (Å²) >= 11 is 0. The zero-order chi connectivity index (χ0) is 14.5. The lowest BCUT2D eigenvalue weighted by atomic mass is 10.3. The number of imidazole rings is 1. The summed E-state index contributed by atoms with van der Waals surface area (Å²) in [5.41, 5.74) is 0. The van der Waals surface area contributed by atoms with Gasteiger partial charge in [-0.05, 0) is 12.1 Å². The Hall–Kier alpha value is -2.31. The summed E-state index contributed by atoms with van der Waals surface area (Å²) in [7, 11) is 3.03. The quantitative estimate of drug-likeness (QED) is 0.818. The van der Waals surface area contributed by atoms with Gasteiger partial charge >= 0.3 is 6.55 Å². The molecule has 5 nitrogen and oxygen atoms in total. The number of methoxy groups -OCH3 is 2. The maximum Gasteiger partial charge on any atom is 0.320 e. The molecule has 0 radical (unpaired) electrons. The van der Waals surface area contributed by atoms with Gasteiger partial charge in [0, 0.05) is 18.5 Å². The molecule has 0 aliphatic carbocycles. The lowest BCUT2D eigenvalue weighted by molar-refractivity contribution is 0.0632. The molecule has 1 aromatic carbocycles. The molecule has 0 aliphatic rings. The first kappa shape index (κ1) is 14.1. The van der Waals surface area contributed by atoms with Crippen LogP contribution >= 0.6 is 0 Å². The highest BCUT2D eigenvalue weighted by Gasteiger charge is 2.12. The number of halogens is 2. The van der Waals surface area contributed by atoms with Gasteiger partial charge in [0.15, 0.2) is 17.3 Å². The van der Waals surface area contributed by atoms with E-state index in [1.54, 1.807) is 18.2 Å². The highest BCUT2D eigenvalue weighted by molar-refractivity contribution is 5.45. The largest absolute Gasteiger partial charge is 0.493 e. The summed E-state index contributed by atoms with van der Waals surface area (Å²) in [5.74, 6) is 1.69. The monoisotopic (exact) mass is 284 g/mol. The number of nitrogens with zero attached hydrogens (tertiary/aromatic N) is 2. The van der Waals surface area contributed by atoms with E-state index in [-0.39, 0.29) is 12.4 Å². The molecule has 108 valence electrons. The molecule has 0 spiro atoms. The molecule has 0 N–H and O–H groups in total. The fourth-order valence-corrected chi connectivity index (χ4v) is 1.69. The van der Waals surface area contributed by atoms with Gasteiger partial charge in [-0.2, -0.15) is 8.78 Å². The van der Waals surface area contributed by atoms with Crippen LogP contribution in [-0.2, 0) is 6.61 Å². The van der Waals surface area contributed by atoms with Gasteiger partial charge < -0.3 is 14.2 Å². The van der Waals surface area contributed by atoms with E-state index < -0.39 is 6.55 Å². The van der Waals surface area contributed by atoms with Crippen molar-refractivity contribution < 1.29 is 23.0 Å². The van der Waals surface area contributed by atoms with Crippen molar-refractivity contribution in [3.05, 3.63) is 36.4 Å². The molecule has 20 heavy (non-hydrogen) atoms. The van der Waals surface area contributed by atoms with Crippen molar-refractivity contribution in [3.63, 3.8) is 0 Å². The molecule has 1 heterocycles. The summed E-state index contributed by atoms with van der Waals surface area (Å²) in [6, 6.07) is 4.96. The first-order chi connectivity index (χ1) is 9.65. The van der Waals surface area contributed by atoms with Crippen LogP contribution in [0.3, 0.4) is 0 Å². The van der Waals surface area contributed by atoms with Gasteiger partial charge in [-0.1, -0.05) is 0 Å². The third-order valence-electron chi connectivity index (χ3n) is 2.68. The molecule has 0 saturated carbocycles. The first-order valence-electron chi connectivity index (χ1n) is 5.80. The molecule has 2 aromatic rings. The van der Waals surface area contributed by atoms with Crippen LogP contribution < -0.4 is 14.2 Å². The lowest BCUT2D eigenvalue weighted by Gasteiger charge is -2.11. The molecule has 0 aliphatic heterocycles. The van der Waals surface area contributed by atoms with E-state index in [2.05, 4.69) is 4.98 Å². The van der Waals surface area contributed by atoms with Crippen molar-refractivity contribution in [2.24, 2.45) is 0 Å². The maximum atomic E-state index is 12.6. The molecule has 0 atom stereocenters. The predicted molar refractivity (Wildman–Crippen MR) is 67.4 cm³/mol. The normalized spacial score (nSPS) is 10.7. The van der Waals surface area contributed by atoms with E-state index in [1.165, 1.54) is 26.6 Å². The van der Waals surface area contributed by atoms with E-state index in [0.717, 1.165) is 4.57 Å². The Bertz CT molecular complexity index is 572.